The third-order valence-electron chi connectivity index (χ3n) is 4.86. The van der Waals surface area contributed by atoms with E-state index in [1.54, 1.807) is 24.3 Å². The zero-order chi connectivity index (χ0) is 19.6. The highest BCUT2D eigenvalue weighted by atomic mass is 35.5. The quantitative estimate of drug-likeness (QED) is 0.630. The van der Waals surface area contributed by atoms with Gasteiger partial charge in [-0.15, -0.1) is 24.8 Å². The van der Waals surface area contributed by atoms with Gasteiger partial charge in [-0.3, -0.25) is 9.69 Å². The number of rotatable bonds is 8. The van der Waals surface area contributed by atoms with Crippen molar-refractivity contribution in [2.45, 2.75) is 13.0 Å². The molecule has 0 spiro atoms. The summed E-state index contributed by atoms with van der Waals surface area (Å²) >= 11 is 5.84. The highest BCUT2D eigenvalue weighted by Gasteiger charge is 2.15. The largest absolute Gasteiger partial charge is 0.484 e. The minimum Gasteiger partial charge on any atom is -0.484 e. The predicted molar refractivity (Wildman–Crippen MR) is 127 cm³/mol. The Bertz CT molecular complexity index is 732. The molecule has 0 bridgehead atoms. The van der Waals surface area contributed by atoms with Gasteiger partial charge in [-0.1, -0.05) is 41.9 Å². The van der Waals surface area contributed by atoms with Gasteiger partial charge in [0.1, 0.15) is 5.75 Å². The van der Waals surface area contributed by atoms with Crippen LogP contribution in [0, 0.1) is 0 Å². The van der Waals surface area contributed by atoms with Crippen LogP contribution >= 0.6 is 36.4 Å². The van der Waals surface area contributed by atoms with Crippen molar-refractivity contribution in [1.29, 1.82) is 0 Å². The molecule has 3 rings (SSSR count). The summed E-state index contributed by atoms with van der Waals surface area (Å²) in [6.07, 6.45) is 1.15. The molecule has 8 heteroatoms. The SMILES string of the molecule is Cl.Cl.O=C(COc1ccc(Cl)cc1)NCCN1CCCN(Cc2ccccc2)CC1. The molecule has 1 aliphatic rings. The van der Waals surface area contributed by atoms with Crippen LogP contribution in [-0.2, 0) is 11.3 Å². The topological polar surface area (TPSA) is 44.8 Å². The van der Waals surface area contributed by atoms with Gasteiger partial charge < -0.3 is 15.0 Å². The van der Waals surface area contributed by atoms with Gasteiger partial charge in [-0.05, 0) is 49.3 Å². The fourth-order valence-electron chi connectivity index (χ4n) is 3.33. The smallest absolute Gasteiger partial charge is 0.257 e. The standard InChI is InChI=1S/C22H28ClN3O2.2ClH/c23-20-7-9-21(10-8-20)28-18-22(27)24-11-14-25-12-4-13-26(16-15-25)17-19-5-2-1-3-6-19;;/h1-3,5-10H,4,11-18H2,(H,24,27);2*1H. The van der Waals surface area contributed by atoms with Crippen molar-refractivity contribution in [3.8, 4) is 5.75 Å². The number of benzene rings is 2. The summed E-state index contributed by atoms with van der Waals surface area (Å²) in [6, 6.07) is 17.6. The van der Waals surface area contributed by atoms with Crippen molar-refractivity contribution in [1.82, 2.24) is 15.1 Å². The van der Waals surface area contributed by atoms with Gasteiger partial charge in [0.2, 0.25) is 0 Å². The number of carbonyl (C=O) groups is 1. The zero-order valence-electron chi connectivity index (χ0n) is 17.0. The Morgan fingerprint density at radius 3 is 2.33 bits per heavy atom. The van der Waals surface area contributed by atoms with E-state index in [1.807, 2.05) is 0 Å². The molecule has 1 saturated heterocycles. The van der Waals surface area contributed by atoms with Crippen LogP contribution in [0.5, 0.6) is 5.75 Å². The molecule has 1 heterocycles. The van der Waals surface area contributed by atoms with E-state index in [0.717, 1.165) is 45.7 Å². The summed E-state index contributed by atoms with van der Waals surface area (Å²) in [5.74, 6) is 0.543. The van der Waals surface area contributed by atoms with Crippen molar-refractivity contribution in [2.24, 2.45) is 0 Å². The van der Waals surface area contributed by atoms with E-state index in [1.165, 1.54) is 5.56 Å². The van der Waals surface area contributed by atoms with E-state index in [2.05, 4.69) is 45.4 Å². The van der Waals surface area contributed by atoms with E-state index >= 15 is 0 Å². The number of nitrogens with zero attached hydrogens (tertiary/aromatic N) is 2. The first-order chi connectivity index (χ1) is 13.7. The molecule has 0 aromatic heterocycles. The van der Waals surface area contributed by atoms with Crippen LogP contribution in [0.15, 0.2) is 54.6 Å². The molecule has 0 saturated carbocycles. The number of carbonyl (C=O) groups excluding carboxylic acids is 1. The van der Waals surface area contributed by atoms with E-state index in [0.29, 0.717) is 17.3 Å². The lowest BCUT2D eigenvalue weighted by molar-refractivity contribution is -0.123. The fourth-order valence-corrected chi connectivity index (χ4v) is 3.46. The molecule has 1 amide bonds. The van der Waals surface area contributed by atoms with E-state index in [4.69, 9.17) is 16.3 Å². The lowest BCUT2D eigenvalue weighted by atomic mass is 10.2. The first-order valence-electron chi connectivity index (χ1n) is 9.83. The van der Waals surface area contributed by atoms with E-state index in [-0.39, 0.29) is 37.3 Å². The molecule has 0 atom stereocenters. The Kier molecular flexibility index (Phi) is 12.8. The van der Waals surface area contributed by atoms with Gasteiger partial charge in [0, 0.05) is 37.7 Å². The van der Waals surface area contributed by atoms with Crippen LogP contribution < -0.4 is 10.1 Å². The van der Waals surface area contributed by atoms with Gasteiger partial charge in [0.15, 0.2) is 6.61 Å². The van der Waals surface area contributed by atoms with E-state index in [9.17, 15) is 4.79 Å². The minimum absolute atomic E-state index is 0. The lowest BCUT2D eigenvalue weighted by Gasteiger charge is -2.22. The van der Waals surface area contributed by atoms with Crippen molar-refractivity contribution >= 4 is 42.3 Å². The summed E-state index contributed by atoms with van der Waals surface area (Å²) in [7, 11) is 0. The molecule has 0 radical (unpaired) electrons. The highest BCUT2D eigenvalue weighted by molar-refractivity contribution is 6.30. The summed E-state index contributed by atoms with van der Waals surface area (Å²) in [5.41, 5.74) is 1.36. The van der Waals surface area contributed by atoms with Crippen molar-refractivity contribution in [3.05, 3.63) is 65.2 Å². The molecule has 5 nitrogen and oxygen atoms in total. The van der Waals surface area contributed by atoms with Crippen LogP contribution in [0.1, 0.15) is 12.0 Å². The Hall–Kier alpha value is -1.50. The second-order valence-electron chi connectivity index (χ2n) is 7.05. The summed E-state index contributed by atoms with van der Waals surface area (Å²) in [6.45, 7) is 6.81. The lowest BCUT2D eigenvalue weighted by Crippen LogP contribution is -2.38. The maximum atomic E-state index is 12.0. The van der Waals surface area contributed by atoms with Crippen LogP contribution in [0.25, 0.3) is 0 Å². The second-order valence-corrected chi connectivity index (χ2v) is 7.49. The number of ether oxygens (including phenoxy) is 1. The molecule has 0 aliphatic carbocycles. The maximum Gasteiger partial charge on any atom is 0.257 e. The molecular formula is C22H30Cl3N3O2. The second kappa shape index (κ2) is 14.5. The zero-order valence-corrected chi connectivity index (χ0v) is 19.4. The summed E-state index contributed by atoms with van der Waals surface area (Å²) < 4.78 is 5.47. The van der Waals surface area contributed by atoms with Crippen molar-refractivity contribution < 1.29 is 9.53 Å². The molecule has 2 aromatic carbocycles. The van der Waals surface area contributed by atoms with Crippen LogP contribution in [0.4, 0.5) is 0 Å². The highest BCUT2D eigenvalue weighted by Crippen LogP contribution is 2.15. The molecule has 30 heavy (non-hydrogen) atoms. The van der Waals surface area contributed by atoms with Gasteiger partial charge in [-0.25, -0.2) is 0 Å². The number of halogens is 3. The molecule has 1 aliphatic heterocycles. The van der Waals surface area contributed by atoms with E-state index < -0.39 is 0 Å². The molecular weight excluding hydrogens is 445 g/mol. The third kappa shape index (κ3) is 9.54. The molecule has 1 N–H and O–H groups in total. The first-order valence-corrected chi connectivity index (χ1v) is 10.2. The number of nitrogens with one attached hydrogen (secondary N) is 1. The van der Waals surface area contributed by atoms with Crippen LogP contribution in [0.2, 0.25) is 5.02 Å². The molecule has 166 valence electrons. The average Bonchev–Trinajstić information content (AvgIpc) is 2.94. The summed E-state index contributed by atoms with van der Waals surface area (Å²) in [4.78, 5) is 16.9. The summed E-state index contributed by atoms with van der Waals surface area (Å²) in [5, 5.41) is 3.59. The van der Waals surface area contributed by atoms with Crippen LogP contribution in [-0.4, -0.2) is 61.6 Å². The number of amides is 1. The fraction of sp³-hybridized carbons (Fsp3) is 0.409. The molecule has 2 aromatic rings. The third-order valence-corrected chi connectivity index (χ3v) is 5.12. The monoisotopic (exact) mass is 473 g/mol. The number of hydrogen-bond acceptors (Lipinski definition) is 4. The average molecular weight is 475 g/mol. The molecule has 1 fully saturated rings. The predicted octanol–water partition coefficient (Wildman–Crippen LogP) is 3.89. The Morgan fingerprint density at radius 2 is 1.60 bits per heavy atom. The van der Waals surface area contributed by atoms with Crippen molar-refractivity contribution in [2.75, 3.05) is 45.9 Å². The normalized spacial score (nSPS) is 14.7. The maximum absolute atomic E-state index is 12.0. The molecule has 0 unspecified atom stereocenters. The van der Waals surface area contributed by atoms with Gasteiger partial charge in [0.05, 0.1) is 0 Å². The minimum atomic E-state index is -0.101. The Morgan fingerprint density at radius 1 is 0.933 bits per heavy atom. The Balaban J connectivity index is 0.00000225. The number of hydrogen-bond donors (Lipinski definition) is 1. The van der Waals surface area contributed by atoms with Crippen LogP contribution in [0.3, 0.4) is 0 Å². The van der Waals surface area contributed by atoms with Crippen molar-refractivity contribution in [3.63, 3.8) is 0 Å². The Labute approximate surface area is 196 Å². The van der Waals surface area contributed by atoms with Gasteiger partial charge in [-0.2, -0.15) is 0 Å². The van der Waals surface area contributed by atoms with Gasteiger partial charge in [0.25, 0.3) is 5.91 Å². The first kappa shape index (κ1) is 26.5. The van der Waals surface area contributed by atoms with Gasteiger partial charge >= 0.3 is 0 Å².